The largest absolute Gasteiger partial charge is 0.454 e. The van der Waals surface area contributed by atoms with Crippen LogP contribution in [0.15, 0.2) is 42.5 Å². The van der Waals surface area contributed by atoms with Crippen molar-refractivity contribution in [3.63, 3.8) is 0 Å². The lowest BCUT2D eigenvalue weighted by Crippen LogP contribution is -2.23. The minimum absolute atomic E-state index is 0.0614. The molecule has 2 aliphatic rings. The normalized spacial score (nSPS) is 15.3. The SMILES string of the molecule is O=C(CCc1ccc(N2CCCC2)cc1)NCc1ccc2c(c1)OCO2. The second-order valence-electron chi connectivity index (χ2n) is 6.82. The Hall–Kier alpha value is -2.69. The van der Waals surface area contributed by atoms with Crippen molar-refractivity contribution in [1.82, 2.24) is 5.32 Å². The third-order valence-electron chi connectivity index (χ3n) is 4.97. The summed E-state index contributed by atoms with van der Waals surface area (Å²) in [6, 6.07) is 14.4. The molecule has 2 heterocycles. The van der Waals surface area contributed by atoms with Crippen LogP contribution in [0.3, 0.4) is 0 Å². The zero-order chi connectivity index (χ0) is 17.8. The summed E-state index contributed by atoms with van der Waals surface area (Å²) in [5, 5.41) is 2.97. The van der Waals surface area contributed by atoms with E-state index in [0.717, 1.165) is 36.6 Å². The maximum absolute atomic E-state index is 12.1. The summed E-state index contributed by atoms with van der Waals surface area (Å²) in [6.07, 6.45) is 3.82. The van der Waals surface area contributed by atoms with Crippen LogP contribution in [0.5, 0.6) is 11.5 Å². The van der Waals surface area contributed by atoms with Gasteiger partial charge in [0.05, 0.1) is 0 Å². The van der Waals surface area contributed by atoms with Gasteiger partial charge in [-0.25, -0.2) is 0 Å². The highest BCUT2D eigenvalue weighted by atomic mass is 16.7. The standard InChI is InChI=1S/C21H24N2O3/c24-21(22-14-17-5-9-19-20(13-17)26-15-25-19)10-6-16-3-7-18(8-4-16)23-11-1-2-12-23/h3-5,7-9,13H,1-2,6,10-12,14-15H2,(H,22,24). The molecule has 0 saturated carbocycles. The average Bonchev–Trinajstić information content (AvgIpc) is 3.36. The van der Waals surface area contributed by atoms with Crippen molar-refractivity contribution in [2.24, 2.45) is 0 Å². The van der Waals surface area contributed by atoms with E-state index in [2.05, 4.69) is 34.5 Å². The number of nitrogens with zero attached hydrogens (tertiary/aromatic N) is 1. The Balaban J connectivity index is 1.23. The van der Waals surface area contributed by atoms with Crippen LogP contribution in [0.2, 0.25) is 0 Å². The first-order valence-electron chi connectivity index (χ1n) is 9.27. The second-order valence-corrected chi connectivity index (χ2v) is 6.82. The Kier molecular flexibility index (Phi) is 4.95. The fourth-order valence-electron chi connectivity index (χ4n) is 3.45. The lowest BCUT2D eigenvalue weighted by molar-refractivity contribution is -0.121. The number of hydrogen-bond donors (Lipinski definition) is 1. The first-order chi connectivity index (χ1) is 12.8. The van der Waals surface area contributed by atoms with E-state index in [1.807, 2.05) is 18.2 Å². The van der Waals surface area contributed by atoms with Gasteiger partial charge < -0.3 is 19.7 Å². The smallest absolute Gasteiger partial charge is 0.231 e. The number of ether oxygens (including phenoxy) is 2. The minimum Gasteiger partial charge on any atom is -0.454 e. The van der Waals surface area contributed by atoms with Crippen LogP contribution in [-0.4, -0.2) is 25.8 Å². The predicted molar refractivity (Wildman–Crippen MR) is 101 cm³/mol. The first-order valence-corrected chi connectivity index (χ1v) is 9.27. The molecule has 1 fully saturated rings. The van der Waals surface area contributed by atoms with E-state index in [1.54, 1.807) is 0 Å². The van der Waals surface area contributed by atoms with Gasteiger partial charge in [0.15, 0.2) is 11.5 Å². The summed E-state index contributed by atoms with van der Waals surface area (Å²) < 4.78 is 10.7. The zero-order valence-electron chi connectivity index (χ0n) is 14.9. The number of carbonyl (C=O) groups excluding carboxylic acids is 1. The number of carbonyl (C=O) groups is 1. The molecule has 0 aliphatic carbocycles. The van der Waals surface area contributed by atoms with Gasteiger partial charge in [0, 0.05) is 31.7 Å². The molecular weight excluding hydrogens is 328 g/mol. The molecule has 4 rings (SSSR count). The topological polar surface area (TPSA) is 50.8 Å². The molecular formula is C21H24N2O3. The van der Waals surface area contributed by atoms with E-state index in [0.29, 0.717) is 13.0 Å². The number of benzene rings is 2. The number of hydrogen-bond acceptors (Lipinski definition) is 4. The van der Waals surface area contributed by atoms with Crippen LogP contribution in [-0.2, 0) is 17.8 Å². The molecule has 0 radical (unpaired) electrons. The fourth-order valence-corrected chi connectivity index (χ4v) is 3.45. The summed E-state index contributed by atoms with van der Waals surface area (Å²) in [5.74, 6) is 1.57. The number of anilines is 1. The fraction of sp³-hybridized carbons (Fsp3) is 0.381. The predicted octanol–water partition coefficient (Wildman–Crippen LogP) is 3.26. The molecule has 1 N–H and O–H groups in total. The molecule has 2 aromatic rings. The summed E-state index contributed by atoms with van der Waals surface area (Å²) in [5.41, 5.74) is 3.50. The van der Waals surface area contributed by atoms with Gasteiger partial charge in [0.25, 0.3) is 0 Å². The monoisotopic (exact) mass is 352 g/mol. The van der Waals surface area contributed by atoms with E-state index < -0.39 is 0 Å². The lowest BCUT2D eigenvalue weighted by atomic mass is 10.1. The molecule has 0 aromatic heterocycles. The maximum atomic E-state index is 12.1. The van der Waals surface area contributed by atoms with Gasteiger partial charge in [0.1, 0.15) is 0 Å². The van der Waals surface area contributed by atoms with Gasteiger partial charge in [0.2, 0.25) is 12.7 Å². The zero-order valence-corrected chi connectivity index (χ0v) is 14.9. The summed E-state index contributed by atoms with van der Waals surface area (Å²) in [4.78, 5) is 14.5. The quantitative estimate of drug-likeness (QED) is 0.867. The molecule has 0 atom stereocenters. The van der Waals surface area contributed by atoms with Crippen LogP contribution in [0.25, 0.3) is 0 Å². The van der Waals surface area contributed by atoms with Crippen LogP contribution < -0.4 is 19.7 Å². The van der Waals surface area contributed by atoms with Crippen LogP contribution in [0, 0.1) is 0 Å². The summed E-state index contributed by atoms with van der Waals surface area (Å²) in [6.45, 7) is 3.08. The maximum Gasteiger partial charge on any atom is 0.231 e. The second kappa shape index (κ2) is 7.68. The van der Waals surface area contributed by atoms with E-state index in [1.165, 1.54) is 24.1 Å². The molecule has 1 amide bonds. The van der Waals surface area contributed by atoms with Gasteiger partial charge in [-0.05, 0) is 54.7 Å². The van der Waals surface area contributed by atoms with E-state index >= 15 is 0 Å². The molecule has 5 heteroatoms. The first kappa shape index (κ1) is 16.8. The van der Waals surface area contributed by atoms with E-state index in [9.17, 15) is 4.79 Å². The Labute approximate surface area is 153 Å². The number of amides is 1. The molecule has 2 aliphatic heterocycles. The van der Waals surface area contributed by atoms with E-state index in [4.69, 9.17) is 9.47 Å². The molecule has 1 saturated heterocycles. The highest BCUT2D eigenvalue weighted by molar-refractivity contribution is 5.76. The Morgan fingerprint density at radius 3 is 2.50 bits per heavy atom. The summed E-state index contributed by atoms with van der Waals surface area (Å²) >= 11 is 0. The lowest BCUT2D eigenvalue weighted by Gasteiger charge is -2.17. The molecule has 0 bridgehead atoms. The number of aryl methyl sites for hydroxylation is 1. The van der Waals surface area contributed by atoms with Crippen LogP contribution in [0.4, 0.5) is 5.69 Å². The average molecular weight is 352 g/mol. The minimum atomic E-state index is 0.0614. The molecule has 5 nitrogen and oxygen atoms in total. The van der Waals surface area contributed by atoms with Crippen molar-refractivity contribution >= 4 is 11.6 Å². The van der Waals surface area contributed by atoms with Crippen molar-refractivity contribution in [1.29, 1.82) is 0 Å². The Morgan fingerprint density at radius 2 is 1.69 bits per heavy atom. The third-order valence-corrected chi connectivity index (χ3v) is 4.97. The van der Waals surface area contributed by atoms with Crippen molar-refractivity contribution in [2.75, 3.05) is 24.8 Å². The number of rotatable bonds is 6. The van der Waals surface area contributed by atoms with E-state index in [-0.39, 0.29) is 12.7 Å². The van der Waals surface area contributed by atoms with Crippen molar-refractivity contribution in [3.05, 3.63) is 53.6 Å². The number of fused-ring (bicyclic) bond motifs is 1. The molecule has 26 heavy (non-hydrogen) atoms. The molecule has 0 unspecified atom stereocenters. The Morgan fingerprint density at radius 1 is 0.962 bits per heavy atom. The van der Waals surface area contributed by atoms with Crippen molar-refractivity contribution in [3.8, 4) is 11.5 Å². The van der Waals surface area contributed by atoms with Crippen LogP contribution in [0.1, 0.15) is 30.4 Å². The van der Waals surface area contributed by atoms with Gasteiger partial charge in [-0.3, -0.25) is 4.79 Å². The van der Waals surface area contributed by atoms with Crippen molar-refractivity contribution < 1.29 is 14.3 Å². The summed E-state index contributed by atoms with van der Waals surface area (Å²) in [7, 11) is 0. The Bertz CT molecular complexity index is 767. The molecule has 0 spiro atoms. The molecule has 136 valence electrons. The van der Waals surface area contributed by atoms with Gasteiger partial charge in [-0.15, -0.1) is 0 Å². The van der Waals surface area contributed by atoms with Crippen LogP contribution >= 0.6 is 0 Å². The van der Waals surface area contributed by atoms with Gasteiger partial charge in [-0.2, -0.15) is 0 Å². The highest BCUT2D eigenvalue weighted by Crippen LogP contribution is 2.32. The molecule has 2 aromatic carbocycles. The highest BCUT2D eigenvalue weighted by Gasteiger charge is 2.14. The number of nitrogens with one attached hydrogen (secondary N) is 1. The third kappa shape index (κ3) is 3.93. The van der Waals surface area contributed by atoms with Crippen molar-refractivity contribution in [2.45, 2.75) is 32.2 Å². The van der Waals surface area contributed by atoms with Gasteiger partial charge in [-0.1, -0.05) is 18.2 Å². The van der Waals surface area contributed by atoms with Gasteiger partial charge >= 0.3 is 0 Å².